The van der Waals surface area contributed by atoms with E-state index >= 15 is 0 Å². The number of aryl methyl sites for hydroxylation is 1. The Labute approximate surface area is 70.9 Å². The van der Waals surface area contributed by atoms with Crippen LogP contribution in [0.5, 0.6) is 0 Å². The van der Waals surface area contributed by atoms with Gasteiger partial charge in [0.1, 0.15) is 0 Å². The van der Waals surface area contributed by atoms with Crippen molar-refractivity contribution < 1.29 is 5.11 Å². The SMILES string of the molecule is Cc1cscc1CNCCO. The standard InChI is InChI=1S/C8H13NOS/c1-7-5-11-6-8(7)4-9-2-3-10/h5-6,9-10H,2-4H2,1H3. The first-order chi connectivity index (χ1) is 5.34. The van der Waals surface area contributed by atoms with Crippen LogP contribution in [-0.4, -0.2) is 18.3 Å². The number of aliphatic hydroxyl groups excluding tert-OH is 1. The maximum atomic E-state index is 8.50. The van der Waals surface area contributed by atoms with Gasteiger partial charge in [-0.15, -0.1) is 0 Å². The highest BCUT2D eigenvalue weighted by Gasteiger charge is 1.96. The molecule has 0 amide bonds. The fourth-order valence-electron chi connectivity index (χ4n) is 0.870. The molecule has 0 saturated heterocycles. The molecule has 0 radical (unpaired) electrons. The summed E-state index contributed by atoms with van der Waals surface area (Å²) in [5.74, 6) is 0. The third kappa shape index (κ3) is 2.61. The van der Waals surface area contributed by atoms with Gasteiger partial charge in [-0.05, 0) is 28.8 Å². The number of thiophene rings is 1. The monoisotopic (exact) mass is 171 g/mol. The van der Waals surface area contributed by atoms with E-state index in [1.54, 1.807) is 11.3 Å². The van der Waals surface area contributed by atoms with Crippen molar-refractivity contribution in [3.8, 4) is 0 Å². The van der Waals surface area contributed by atoms with Crippen molar-refractivity contribution in [1.29, 1.82) is 0 Å². The average Bonchev–Trinajstić information content (AvgIpc) is 2.37. The number of hydrogen-bond acceptors (Lipinski definition) is 3. The van der Waals surface area contributed by atoms with Crippen molar-refractivity contribution in [3.63, 3.8) is 0 Å². The average molecular weight is 171 g/mol. The largest absolute Gasteiger partial charge is 0.395 e. The second-order valence-corrected chi connectivity index (χ2v) is 3.22. The summed E-state index contributed by atoms with van der Waals surface area (Å²) in [6.45, 7) is 3.86. The molecule has 2 N–H and O–H groups in total. The molecule has 11 heavy (non-hydrogen) atoms. The van der Waals surface area contributed by atoms with Crippen molar-refractivity contribution in [1.82, 2.24) is 5.32 Å². The smallest absolute Gasteiger partial charge is 0.0556 e. The van der Waals surface area contributed by atoms with Crippen LogP contribution in [0.4, 0.5) is 0 Å². The van der Waals surface area contributed by atoms with Gasteiger partial charge < -0.3 is 10.4 Å². The van der Waals surface area contributed by atoms with Crippen LogP contribution in [-0.2, 0) is 6.54 Å². The number of aliphatic hydroxyl groups is 1. The predicted octanol–water partition coefficient (Wildman–Crippen LogP) is 1.14. The Balaban J connectivity index is 2.32. The maximum Gasteiger partial charge on any atom is 0.0556 e. The van der Waals surface area contributed by atoms with E-state index in [-0.39, 0.29) is 6.61 Å². The van der Waals surface area contributed by atoms with Crippen LogP contribution < -0.4 is 5.32 Å². The lowest BCUT2D eigenvalue weighted by Crippen LogP contribution is -2.17. The number of rotatable bonds is 4. The van der Waals surface area contributed by atoms with Gasteiger partial charge in [-0.2, -0.15) is 11.3 Å². The molecule has 62 valence electrons. The quantitative estimate of drug-likeness (QED) is 0.666. The molecule has 0 saturated carbocycles. The van der Waals surface area contributed by atoms with E-state index in [9.17, 15) is 0 Å². The Hall–Kier alpha value is -0.380. The first kappa shape index (κ1) is 8.71. The van der Waals surface area contributed by atoms with Gasteiger partial charge in [-0.3, -0.25) is 0 Å². The second-order valence-electron chi connectivity index (χ2n) is 2.48. The first-order valence-electron chi connectivity index (χ1n) is 3.68. The van der Waals surface area contributed by atoms with Crippen LogP contribution in [0.2, 0.25) is 0 Å². The van der Waals surface area contributed by atoms with E-state index in [0.29, 0.717) is 6.54 Å². The van der Waals surface area contributed by atoms with E-state index in [2.05, 4.69) is 23.0 Å². The van der Waals surface area contributed by atoms with Crippen molar-refractivity contribution in [2.24, 2.45) is 0 Å². The summed E-state index contributed by atoms with van der Waals surface area (Å²) in [4.78, 5) is 0. The number of hydrogen-bond donors (Lipinski definition) is 2. The molecule has 0 aliphatic rings. The second kappa shape index (κ2) is 4.49. The first-order valence-corrected chi connectivity index (χ1v) is 4.62. The minimum atomic E-state index is 0.211. The molecule has 0 bridgehead atoms. The van der Waals surface area contributed by atoms with Crippen LogP contribution in [0, 0.1) is 6.92 Å². The minimum absolute atomic E-state index is 0.211. The Kier molecular flexibility index (Phi) is 3.56. The lowest BCUT2D eigenvalue weighted by molar-refractivity contribution is 0.292. The molecule has 0 atom stereocenters. The van der Waals surface area contributed by atoms with Gasteiger partial charge >= 0.3 is 0 Å². The zero-order chi connectivity index (χ0) is 8.10. The van der Waals surface area contributed by atoms with E-state index in [1.165, 1.54) is 11.1 Å². The summed E-state index contributed by atoms with van der Waals surface area (Å²) in [5, 5.41) is 15.9. The molecule has 2 nitrogen and oxygen atoms in total. The summed E-state index contributed by atoms with van der Waals surface area (Å²) in [5.41, 5.74) is 2.67. The van der Waals surface area contributed by atoms with Gasteiger partial charge in [0.2, 0.25) is 0 Å². The predicted molar refractivity (Wildman–Crippen MR) is 47.8 cm³/mol. The maximum absolute atomic E-state index is 8.50. The zero-order valence-corrected chi connectivity index (χ0v) is 7.45. The summed E-state index contributed by atoms with van der Waals surface area (Å²) in [6, 6.07) is 0. The van der Waals surface area contributed by atoms with Crippen LogP contribution in [0.15, 0.2) is 10.8 Å². The molecule has 0 fully saturated rings. The summed E-state index contributed by atoms with van der Waals surface area (Å²) in [7, 11) is 0. The van der Waals surface area contributed by atoms with Gasteiger partial charge in [0.05, 0.1) is 6.61 Å². The van der Waals surface area contributed by atoms with Crippen LogP contribution in [0.3, 0.4) is 0 Å². The molecule has 0 unspecified atom stereocenters. The van der Waals surface area contributed by atoms with E-state index in [4.69, 9.17) is 5.11 Å². The van der Waals surface area contributed by atoms with Gasteiger partial charge in [0, 0.05) is 13.1 Å². The number of nitrogens with one attached hydrogen (secondary N) is 1. The van der Waals surface area contributed by atoms with Crippen LogP contribution >= 0.6 is 11.3 Å². The van der Waals surface area contributed by atoms with Gasteiger partial charge in [0.25, 0.3) is 0 Å². The van der Waals surface area contributed by atoms with Gasteiger partial charge in [-0.25, -0.2) is 0 Å². The minimum Gasteiger partial charge on any atom is -0.395 e. The van der Waals surface area contributed by atoms with Crippen molar-refractivity contribution in [3.05, 3.63) is 21.9 Å². The Morgan fingerprint density at radius 2 is 2.36 bits per heavy atom. The van der Waals surface area contributed by atoms with Crippen LogP contribution in [0.25, 0.3) is 0 Å². The molecule has 3 heteroatoms. The Morgan fingerprint density at radius 3 is 2.91 bits per heavy atom. The fraction of sp³-hybridized carbons (Fsp3) is 0.500. The molecule has 1 aromatic heterocycles. The summed E-state index contributed by atoms with van der Waals surface area (Å²) in [6.07, 6.45) is 0. The third-order valence-electron chi connectivity index (χ3n) is 1.57. The molecule has 0 aromatic carbocycles. The molecular weight excluding hydrogens is 158 g/mol. The van der Waals surface area contributed by atoms with Gasteiger partial charge in [-0.1, -0.05) is 0 Å². The lowest BCUT2D eigenvalue weighted by Gasteiger charge is -2.00. The van der Waals surface area contributed by atoms with Crippen molar-refractivity contribution >= 4 is 11.3 Å². The zero-order valence-electron chi connectivity index (χ0n) is 6.63. The molecule has 1 rings (SSSR count). The fourth-order valence-corrected chi connectivity index (χ4v) is 1.73. The molecule has 1 aromatic rings. The molecule has 0 spiro atoms. The van der Waals surface area contributed by atoms with Crippen molar-refractivity contribution in [2.45, 2.75) is 13.5 Å². The Morgan fingerprint density at radius 1 is 1.55 bits per heavy atom. The highest BCUT2D eigenvalue weighted by molar-refractivity contribution is 7.08. The normalized spacial score (nSPS) is 10.4. The van der Waals surface area contributed by atoms with E-state index < -0.39 is 0 Å². The molecule has 0 aliphatic heterocycles. The lowest BCUT2D eigenvalue weighted by atomic mass is 10.2. The van der Waals surface area contributed by atoms with Gasteiger partial charge in [0.15, 0.2) is 0 Å². The molecule has 0 aliphatic carbocycles. The third-order valence-corrected chi connectivity index (χ3v) is 2.48. The molecular formula is C8H13NOS. The molecule has 1 heterocycles. The Bertz CT molecular complexity index is 210. The van der Waals surface area contributed by atoms with Crippen molar-refractivity contribution in [2.75, 3.05) is 13.2 Å². The summed E-state index contributed by atoms with van der Waals surface area (Å²) >= 11 is 1.72. The highest BCUT2D eigenvalue weighted by atomic mass is 32.1. The van der Waals surface area contributed by atoms with E-state index in [1.807, 2.05) is 0 Å². The van der Waals surface area contributed by atoms with Crippen LogP contribution in [0.1, 0.15) is 11.1 Å². The topological polar surface area (TPSA) is 32.3 Å². The van der Waals surface area contributed by atoms with E-state index in [0.717, 1.165) is 6.54 Å². The highest BCUT2D eigenvalue weighted by Crippen LogP contribution is 2.12. The summed E-state index contributed by atoms with van der Waals surface area (Å²) < 4.78 is 0.